The van der Waals surface area contributed by atoms with Crippen LogP contribution in [0, 0.1) is 0 Å². The van der Waals surface area contributed by atoms with Crippen molar-refractivity contribution in [3.63, 3.8) is 0 Å². The Morgan fingerprint density at radius 2 is 2.29 bits per heavy atom. The van der Waals surface area contributed by atoms with E-state index in [1.807, 2.05) is 0 Å². The smallest absolute Gasteiger partial charge is 0.0701 e. The van der Waals surface area contributed by atoms with Crippen LogP contribution in [0.15, 0.2) is 15.9 Å². The molecule has 0 bridgehead atoms. The van der Waals surface area contributed by atoms with Gasteiger partial charge in [-0.15, -0.1) is 11.3 Å². The SMILES string of the molecule is CC[C@H](CO)NC(C)c1ccc(Br)s1. The Labute approximate surface area is 97.5 Å². The molecule has 14 heavy (non-hydrogen) atoms. The Kier molecular flexibility index (Phi) is 5.09. The van der Waals surface area contributed by atoms with Gasteiger partial charge >= 0.3 is 0 Å². The van der Waals surface area contributed by atoms with Crippen LogP contribution < -0.4 is 5.32 Å². The molecule has 1 aromatic heterocycles. The molecule has 0 aliphatic carbocycles. The number of halogens is 1. The topological polar surface area (TPSA) is 32.3 Å². The Morgan fingerprint density at radius 3 is 2.71 bits per heavy atom. The summed E-state index contributed by atoms with van der Waals surface area (Å²) >= 11 is 5.17. The van der Waals surface area contributed by atoms with E-state index in [4.69, 9.17) is 5.11 Å². The highest BCUT2D eigenvalue weighted by atomic mass is 79.9. The molecular weight excluding hydrogens is 262 g/mol. The first-order valence-corrected chi connectivity index (χ1v) is 6.40. The standard InChI is InChI=1S/C10H16BrNOS/c1-3-8(6-13)12-7(2)9-4-5-10(11)14-9/h4-5,7-8,12-13H,3,6H2,1-2H3/t7?,8-/m1/s1. The number of aliphatic hydroxyl groups excluding tert-OH is 1. The summed E-state index contributed by atoms with van der Waals surface area (Å²) in [5.41, 5.74) is 0. The predicted octanol–water partition coefficient (Wildman–Crippen LogP) is 2.93. The Hall–Kier alpha value is 0.1000. The summed E-state index contributed by atoms with van der Waals surface area (Å²) in [4.78, 5) is 1.30. The van der Waals surface area contributed by atoms with Crippen LogP contribution in [0.5, 0.6) is 0 Å². The lowest BCUT2D eigenvalue weighted by atomic mass is 10.2. The lowest BCUT2D eigenvalue weighted by Crippen LogP contribution is -2.33. The van der Waals surface area contributed by atoms with Crippen LogP contribution in [0.3, 0.4) is 0 Å². The van der Waals surface area contributed by atoms with Crippen molar-refractivity contribution in [3.05, 3.63) is 20.8 Å². The van der Waals surface area contributed by atoms with Crippen LogP contribution in [-0.4, -0.2) is 17.8 Å². The molecule has 80 valence electrons. The second-order valence-electron chi connectivity index (χ2n) is 3.32. The summed E-state index contributed by atoms with van der Waals surface area (Å²) in [7, 11) is 0. The van der Waals surface area contributed by atoms with Crippen LogP contribution in [-0.2, 0) is 0 Å². The first-order valence-electron chi connectivity index (χ1n) is 4.79. The minimum absolute atomic E-state index is 0.200. The normalized spacial score (nSPS) is 15.4. The number of aliphatic hydroxyl groups is 1. The molecule has 4 heteroatoms. The third kappa shape index (κ3) is 3.35. The molecule has 2 nitrogen and oxygen atoms in total. The van der Waals surface area contributed by atoms with Crippen LogP contribution in [0.4, 0.5) is 0 Å². The fraction of sp³-hybridized carbons (Fsp3) is 0.600. The van der Waals surface area contributed by atoms with Crippen LogP contribution in [0.25, 0.3) is 0 Å². The molecule has 1 aromatic rings. The first-order chi connectivity index (χ1) is 6.67. The van der Waals surface area contributed by atoms with E-state index in [0.717, 1.165) is 10.2 Å². The number of thiophene rings is 1. The first kappa shape index (κ1) is 12.2. The Balaban J connectivity index is 2.53. The zero-order valence-electron chi connectivity index (χ0n) is 8.46. The van der Waals surface area contributed by atoms with Crippen molar-refractivity contribution in [2.45, 2.75) is 32.4 Å². The average molecular weight is 278 g/mol. The molecule has 1 heterocycles. The molecule has 0 saturated carbocycles. The van der Waals surface area contributed by atoms with E-state index < -0.39 is 0 Å². The van der Waals surface area contributed by atoms with E-state index in [2.05, 4.69) is 47.2 Å². The molecule has 1 unspecified atom stereocenters. The van der Waals surface area contributed by atoms with E-state index in [1.165, 1.54) is 4.88 Å². The van der Waals surface area contributed by atoms with Gasteiger partial charge in [0, 0.05) is 17.0 Å². The van der Waals surface area contributed by atoms with Gasteiger partial charge in [-0.05, 0) is 41.4 Å². The molecule has 0 amide bonds. The largest absolute Gasteiger partial charge is 0.395 e. The van der Waals surface area contributed by atoms with Gasteiger partial charge in [0.05, 0.1) is 10.4 Å². The molecule has 1 rings (SSSR count). The van der Waals surface area contributed by atoms with Gasteiger partial charge in [0.15, 0.2) is 0 Å². The Bertz CT molecular complexity index is 273. The molecule has 0 aliphatic rings. The summed E-state index contributed by atoms with van der Waals surface area (Å²) in [6.45, 7) is 4.40. The molecule has 2 atom stereocenters. The highest BCUT2D eigenvalue weighted by Crippen LogP contribution is 2.27. The fourth-order valence-electron chi connectivity index (χ4n) is 1.30. The quantitative estimate of drug-likeness (QED) is 0.868. The second kappa shape index (κ2) is 5.85. The molecule has 0 saturated heterocycles. The Morgan fingerprint density at radius 1 is 1.57 bits per heavy atom. The highest BCUT2D eigenvalue weighted by molar-refractivity contribution is 9.11. The number of hydrogen-bond donors (Lipinski definition) is 2. The van der Waals surface area contributed by atoms with Crippen molar-refractivity contribution >= 4 is 27.3 Å². The van der Waals surface area contributed by atoms with Crippen molar-refractivity contribution in [2.75, 3.05) is 6.61 Å². The van der Waals surface area contributed by atoms with Gasteiger partial charge < -0.3 is 10.4 Å². The molecule has 0 aromatic carbocycles. The molecule has 0 fully saturated rings. The van der Waals surface area contributed by atoms with Crippen LogP contribution in [0.1, 0.15) is 31.2 Å². The van der Waals surface area contributed by atoms with E-state index in [-0.39, 0.29) is 12.6 Å². The number of rotatable bonds is 5. The number of nitrogens with one attached hydrogen (secondary N) is 1. The second-order valence-corrected chi connectivity index (χ2v) is 5.81. The van der Waals surface area contributed by atoms with Crippen LogP contribution in [0.2, 0.25) is 0 Å². The van der Waals surface area contributed by atoms with Gasteiger partial charge in [0.25, 0.3) is 0 Å². The van der Waals surface area contributed by atoms with Crippen LogP contribution >= 0.6 is 27.3 Å². The molecular formula is C10H16BrNOS. The third-order valence-corrected chi connectivity index (χ3v) is 4.03. The summed E-state index contributed by atoms with van der Waals surface area (Å²) < 4.78 is 1.15. The van der Waals surface area contributed by atoms with Gasteiger partial charge in [-0.25, -0.2) is 0 Å². The molecule has 0 aliphatic heterocycles. The van der Waals surface area contributed by atoms with E-state index in [9.17, 15) is 0 Å². The van der Waals surface area contributed by atoms with E-state index >= 15 is 0 Å². The van der Waals surface area contributed by atoms with Crippen molar-refractivity contribution < 1.29 is 5.11 Å². The van der Waals surface area contributed by atoms with Crippen molar-refractivity contribution in [2.24, 2.45) is 0 Å². The van der Waals surface area contributed by atoms with E-state index in [1.54, 1.807) is 11.3 Å². The van der Waals surface area contributed by atoms with Crippen molar-refractivity contribution in [3.8, 4) is 0 Å². The summed E-state index contributed by atoms with van der Waals surface area (Å²) in [6, 6.07) is 4.67. The summed E-state index contributed by atoms with van der Waals surface area (Å²) in [5, 5.41) is 12.4. The number of hydrogen-bond acceptors (Lipinski definition) is 3. The summed E-state index contributed by atoms with van der Waals surface area (Å²) in [5.74, 6) is 0. The third-order valence-electron chi connectivity index (χ3n) is 2.22. The molecule has 2 N–H and O–H groups in total. The molecule has 0 radical (unpaired) electrons. The van der Waals surface area contributed by atoms with Crippen molar-refractivity contribution in [1.82, 2.24) is 5.32 Å². The van der Waals surface area contributed by atoms with Crippen molar-refractivity contribution in [1.29, 1.82) is 0 Å². The maximum atomic E-state index is 9.06. The van der Waals surface area contributed by atoms with Gasteiger partial charge in [0.1, 0.15) is 0 Å². The maximum absolute atomic E-state index is 9.06. The minimum atomic E-state index is 0.200. The predicted molar refractivity (Wildman–Crippen MR) is 64.7 cm³/mol. The fourth-order valence-corrected chi connectivity index (χ4v) is 2.73. The minimum Gasteiger partial charge on any atom is -0.395 e. The zero-order valence-corrected chi connectivity index (χ0v) is 10.9. The molecule has 0 spiro atoms. The van der Waals surface area contributed by atoms with E-state index in [0.29, 0.717) is 6.04 Å². The monoisotopic (exact) mass is 277 g/mol. The maximum Gasteiger partial charge on any atom is 0.0701 e. The lowest BCUT2D eigenvalue weighted by molar-refractivity contribution is 0.230. The van der Waals surface area contributed by atoms with Gasteiger partial charge in [-0.2, -0.15) is 0 Å². The lowest BCUT2D eigenvalue weighted by Gasteiger charge is -2.19. The average Bonchev–Trinajstić information content (AvgIpc) is 2.61. The zero-order chi connectivity index (χ0) is 10.6. The van der Waals surface area contributed by atoms with Gasteiger partial charge in [-0.1, -0.05) is 6.92 Å². The highest BCUT2D eigenvalue weighted by Gasteiger charge is 2.12. The van der Waals surface area contributed by atoms with Gasteiger partial charge in [0.2, 0.25) is 0 Å². The van der Waals surface area contributed by atoms with Gasteiger partial charge in [-0.3, -0.25) is 0 Å². The summed E-state index contributed by atoms with van der Waals surface area (Å²) in [6.07, 6.45) is 0.952.